The minimum Gasteiger partial charge on any atom is -0.477 e. The lowest BCUT2D eigenvalue weighted by molar-refractivity contribution is 0.129. The molecule has 270 valence electrons. The molecule has 2 heterocycles. The van der Waals surface area contributed by atoms with E-state index in [2.05, 4.69) is 91.0 Å². The fraction of sp³-hybridized carbons (Fsp3) is 0.0377. The van der Waals surface area contributed by atoms with E-state index in [4.69, 9.17) is 23.8 Å². The number of aromatic nitrogens is 3. The van der Waals surface area contributed by atoms with E-state index in [1.165, 1.54) is 0 Å². The highest BCUT2D eigenvalue weighted by Crippen LogP contribution is 2.51. The maximum atomic E-state index is 8.83. The number of rotatable bonds is 7. The van der Waals surface area contributed by atoms with Crippen LogP contribution < -0.4 is 4.74 Å². The second-order valence-corrected chi connectivity index (χ2v) is 14.1. The van der Waals surface area contributed by atoms with Crippen molar-refractivity contribution in [2.75, 3.05) is 0 Å². The maximum absolute atomic E-state index is 8.83. The quantitative estimate of drug-likeness (QED) is 0.164. The maximum Gasteiger partial charge on any atom is 0.164 e. The van der Waals surface area contributed by atoms with Gasteiger partial charge in [0.1, 0.15) is 5.75 Å². The first kappa shape index (κ1) is 30.8. The summed E-state index contributed by atoms with van der Waals surface area (Å²) in [5, 5.41) is 0. The number of ether oxygens (including phenoxy) is 1. The van der Waals surface area contributed by atoms with Crippen LogP contribution in [0.4, 0.5) is 0 Å². The summed E-state index contributed by atoms with van der Waals surface area (Å²) in [6.45, 7) is -2.50. The molecular formula is C53H37N3O. The van der Waals surface area contributed by atoms with Crippen LogP contribution in [0, 0.1) is 0 Å². The zero-order valence-corrected chi connectivity index (χ0v) is 30.9. The summed E-state index contributed by atoms with van der Waals surface area (Å²) < 4.78 is 33.2. The van der Waals surface area contributed by atoms with E-state index >= 15 is 0 Å². The Morgan fingerprint density at radius 2 is 0.772 bits per heavy atom. The molecule has 57 heavy (non-hydrogen) atoms. The second kappa shape index (κ2) is 14.3. The van der Waals surface area contributed by atoms with Crippen LogP contribution in [0.25, 0.3) is 78.7 Å². The molecule has 0 saturated heterocycles. The summed E-state index contributed by atoms with van der Waals surface area (Å²) in [5.41, 5.74) is 10.1. The van der Waals surface area contributed by atoms with E-state index in [1.54, 1.807) is 0 Å². The molecule has 9 aromatic rings. The fourth-order valence-corrected chi connectivity index (χ4v) is 7.70. The van der Waals surface area contributed by atoms with Crippen molar-refractivity contribution >= 4 is 0 Å². The van der Waals surface area contributed by atoms with Gasteiger partial charge in [0.25, 0.3) is 0 Å². The molecule has 1 aliphatic rings. The SMILES string of the molecule is [2H]C([2H])([2H])C1(c2ccccc2)Oc2cccc(-c3ccc(-c4nc(-c5ccc(-c6ccccc6)cc5)nc(-c5ccc(-c6ccccc6)cc5)n4)cc3)c2-c2ccccc21. The van der Waals surface area contributed by atoms with Gasteiger partial charge in [-0.1, -0.05) is 200 Å². The third-order valence-corrected chi connectivity index (χ3v) is 10.6. The number of benzene rings is 8. The molecule has 0 radical (unpaired) electrons. The van der Waals surface area contributed by atoms with Crippen molar-refractivity contribution in [3.05, 3.63) is 217 Å². The van der Waals surface area contributed by atoms with Gasteiger partial charge in [-0.15, -0.1) is 0 Å². The zero-order chi connectivity index (χ0) is 40.7. The van der Waals surface area contributed by atoms with E-state index in [0.717, 1.165) is 61.2 Å². The van der Waals surface area contributed by atoms with Crippen LogP contribution in [0.3, 0.4) is 0 Å². The predicted octanol–water partition coefficient (Wildman–Crippen LogP) is 13.2. The van der Waals surface area contributed by atoms with Gasteiger partial charge in [-0.05, 0) is 57.4 Å². The van der Waals surface area contributed by atoms with Crippen LogP contribution in [0.5, 0.6) is 5.75 Å². The van der Waals surface area contributed by atoms with Crippen molar-refractivity contribution in [3.8, 4) is 84.4 Å². The van der Waals surface area contributed by atoms with Gasteiger partial charge >= 0.3 is 0 Å². The second-order valence-electron chi connectivity index (χ2n) is 14.1. The molecule has 0 saturated carbocycles. The minimum atomic E-state index is -2.50. The van der Waals surface area contributed by atoms with Crippen molar-refractivity contribution in [1.29, 1.82) is 0 Å². The Kier molecular flexibility index (Phi) is 7.76. The van der Waals surface area contributed by atoms with Crippen LogP contribution >= 0.6 is 0 Å². The van der Waals surface area contributed by atoms with E-state index in [0.29, 0.717) is 34.3 Å². The summed E-state index contributed by atoms with van der Waals surface area (Å²) in [6, 6.07) is 68.2. The van der Waals surface area contributed by atoms with Gasteiger partial charge in [0.05, 0.1) is 0 Å². The summed E-state index contributed by atoms with van der Waals surface area (Å²) in [4.78, 5) is 15.1. The van der Waals surface area contributed by atoms with E-state index in [9.17, 15) is 0 Å². The van der Waals surface area contributed by atoms with Gasteiger partial charge < -0.3 is 4.74 Å². The summed E-state index contributed by atoms with van der Waals surface area (Å²) in [7, 11) is 0. The smallest absolute Gasteiger partial charge is 0.164 e. The van der Waals surface area contributed by atoms with Crippen LogP contribution in [-0.2, 0) is 5.60 Å². The lowest BCUT2D eigenvalue weighted by atomic mass is 9.79. The number of hydrogen-bond acceptors (Lipinski definition) is 4. The topological polar surface area (TPSA) is 47.9 Å². The van der Waals surface area contributed by atoms with Crippen molar-refractivity contribution in [3.63, 3.8) is 0 Å². The normalized spacial score (nSPS) is 15.3. The molecule has 4 nitrogen and oxygen atoms in total. The highest BCUT2D eigenvalue weighted by molar-refractivity contribution is 5.91. The van der Waals surface area contributed by atoms with Gasteiger partial charge in [-0.2, -0.15) is 0 Å². The van der Waals surface area contributed by atoms with Crippen molar-refractivity contribution in [1.82, 2.24) is 15.0 Å². The van der Waals surface area contributed by atoms with Gasteiger partial charge in [-0.25, -0.2) is 15.0 Å². The molecule has 0 spiro atoms. The van der Waals surface area contributed by atoms with Crippen molar-refractivity contribution in [2.45, 2.75) is 12.5 Å². The fourth-order valence-electron chi connectivity index (χ4n) is 7.70. The van der Waals surface area contributed by atoms with E-state index in [-0.39, 0.29) is 0 Å². The molecule has 0 aliphatic carbocycles. The van der Waals surface area contributed by atoms with Crippen LogP contribution in [0.15, 0.2) is 206 Å². The molecular weight excluding hydrogens is 695 g/mol. The highest BCUT2D eigenvalue weighted by Gasteiger charge is 2.39. The molecule has 0 N–H and O–H groups in total. The molecule has 0 bridgehead atoms. The molecule has 1 atom stereocenters. The van der Waals surface area contributed by atoms with Crippen LogP contribution in [0.1, 0.15) is 22.1 Å². The van der Waals surface area contributed by atoms with Crippen LogP contribution in [-0.4, -0.2) is 15.0 Å². The predicted molar refractivity (Wildman–Crippen MR) is 231 cm³/mol. The largest absolute Gasteiger partial charge is 0.477 e. The van der Waals surface area contributed by atoms with Crippen molar-refractivity contribution in [2.24, 2.45) is 0 Å². The Hall–Kier alpha value is -7.43. The highest BCUT2D eigenvalue weighted by atomic mass is 16.5. The molecule has 0 fully saturated rings. The first-order valence-corrected chi connectivity index (χ1v) is 19.0. The molecule has 10 rings (SSSR count). The molecule has 0 amide bonds. The average molecular weight is 735 g/mol. The molecule has 1 aromatic heterocycles. The first-order chi connectivity index (χ1) is 29.4. The first-order valence-electron chi connectivity index (χ1n) is 20.5. The van der Waals surface area contributed by atoms with Gasteiger partial charge in [-0.3, -0.25) is 0 Å². The zero-order valence-electron chi connectivity index (χ0n) is 33.9. The van der Waals surface area contributed by atoms with Crippen LogP contribution in [0.2, 0.25) is 0 Å². The Morgan fingerprint density at radius 1 is 0.368 bits per heavy atom. The third kappa shape index (κ3) is 6.37. The molecule has 4 heteroatoms. The Bertz CT molecular complexity index is 2860. The van der Waals surface area contributed by atoms with Gasteiger partial charge in [0.15, 0.2) is 23.1 Å². The van der Waals surface area contributed by atoms with Gasteiger partial charge in [0.2, 0.25) is 0 Å². The Labute approximate surface area is 337 Å². The number of hydrogen-bond donors (Lipinski definition) is 0. The van der Waals surface area contributed by atoms with E-state index < -0.39 is 12.5 Å². The number of fused-ring (bicyclic) bond motifs is 3. The van der Waals surface area contributed by atoms with Crippen molar-refractivity contribution < 1.29 is 8.85 Å². The standard InChI is InChI=1S/C53H37N3O/c1-53(44-18-9-4-10-19-44)47-22-12-11-20-46(47)49-45(21-13-23-48(49)57-53)40-28-34-43(35-29-40)52-55-50(41-30-24-38(25-31-41)36-14-5-2-6-15-36)54-51(56-52)42-32-26-39(27-33-42)37-16-7-3-8-17-37/h2-35H,1H3/i1D3. The number of nitrogens with zero attached hydrogens (tertiary/aromatic N) is 3. The monoisotopic (exact) mass is 734 g/mol. The molecule has 8 aromatic carbocycles. The van der Waals surface area contributed by atoms with Gasteiger partial charge in [0, 0.05) is 31.9 Å². The lowest BCUT2D eigenvalue weighted by Crippen LogP contribution is -2.34. The summed E-state index contributed by atoms with van der Waals surface area (Å²) in [5.74, 6) is 2.22. The Morgan fingerprint density at radius 3 is 1.28 bits per heavy atom. The average Bonchev–Trinajstić information content (AvgIpc) is 3.31. The van der Waals surface area contributed by atoms with E-state index in [1.807, 2.05) is 115 Å². The Balaban J connectivity index is 1.05. The molecule has 1 aliphatic heterocycles. The third-order valence-electron chi connectivity index (χ3n) is 10.6. The minimum absolute atomic E-state index is 0.513. The molecule has 1 unspecified atom stereocenters. The summed E-state index contributed by atoms with van der Waals surface area (Å²) >= 11 is 0. The summed E-state index contributed by atoms with van der Waals surface area (Å²) in [6.07, 6.45) is 0. The lowest BCUT2D eigenvalue weighted by Gasteiger charge is -2.39.